The number of fused-ring (bicyclic) bond motifs is 1. The first kappa shape index (κ1) is 12.2. The van der Waals surface area contributed by atoms with Crippen molar-refractivity contribution in [2.24, 2.45) is 0 Å². The molecule has 0 aromatic carbocycles. The Bertz CT molecular complexity index is 575. The Morgan fingerprint density at radius 2 is 2.05 bits per heavy atom. The van der Waals surface area contributed by atoms with Crippen molar-refractivity contribution in [2.45, 2.75) is 19.4 Å². The molecule has 0 spiro atoms. The summed E-state index contributed by atoms with van der Waals surface area (Å²) in [5, 5.41) is 0. The van der Waals surface area contributed by atoms with E-state index < -0.39 is 0 Å². The van der Waals surface area contributed by atoms with Gasteiger partial charge in [0.25, 0.3) is 0 Å². The fourth-order valence-electron chi connectivity index (χ4n) is 2.55. The van der Waals surface area contributed by atoms with Gasteiger partial charge in [-0.25, -0.2) is 9.97 Å². The van der Waals surface area contributed by atoms with Crippen molar-refractivity contribution in [3.8, 4) is 5.88 Å². The fraction of sp³-hybridized carbons (Fsp3) is 0.583. The molecule has 1 fully saturated rings. The molecule has 3 heterocycles. The number of hydrogen-bond donors (Lipinski definition) is 1. The average molecular weight is 262 g/mol. The second-order valence-corrected chi connectivity index (χ2v) is 4.73. The van der Waals surface area contributed by atoms with Gasteiger partial charge in [0, 0.05) is 13.1 Å². The lowest BCUT2D eigenvalue weighted by molar-refractivity contribution is 0.325. The van der Waals surface area contributed by atoms with Crippen LogP contribution in [-0.2, 0) is 6.54 Å². The molecule has 0 saturated carbocycles. The van der Waals surface area contributed by atoms with E-state index in [4.69, 9.17) is 10.5 Å². The molecule has 0 aliphatic carbocycles. The van der Waals surface area contributed by atoms with Crippen molar-refractivity contribution in [3.05, 3.63) is 6.33 Å². The normalized spacial score (nSPS) is 16.3. The van der Waals surface area contributed by atoms with Gasteiger partial charge in [-0.1, -0.05) is 0 Å². The van der Waals surface area contributed by atoms with Crippen LogP contribution in [0.5, 0.6) is 5.88 Å². The zero-order valence-electron chi connectivity index (χ0n) is 11.0. The van der Waals surface area contributed by atoms with E-state index in [1.807, 2.05) is 4.57 Å². The minimum absolute atomic E-state index is 0.466. The lowest BCUT2D eigenvalue weighted by atomic mass is 10.4. The lowest BCUT2D eigenvalue weighted by Crippen LogP contribution is -2.24. The topological polar surface area (TPSA) is 82.1 Å². The van der Waals surface area contributed by atoms with Gasteiger partial charge in [-0.05, 0) is 25.9 Å². The number of rotatable bonds is 4. The molecule has 102 valence electrons. The molecule has 2 N–H and O–H groups in total. The van der Waals surface area contributed by atoms with Crippen LogP contribution in [0.25, 0.3) is 11.2 Å². The van der Waals surface area contributed by atoms with Gasteiger partial charge >= 0.3 is 0 Å². The van der Waals surface area contributed by atoms with Crippen LogP contribution in [0.15, 0.2) is 6.33 Å². The Morgan fingerprint density at radius 3 is 2.79 bits per heavy atom. The number of nitrogens with two attached hydrogens (primary N) is 1. The molecular weight excluding hydrogens is 244 g/mol. The summed E-state index contributed by atoms with van der Waals surface area (Å²) >= 11 is 0. The van der Waals surface area contributed by atoms with Crippen molar-refractivity contribution in [2.75, 3.05) is 32.5 Å². The number of anilines is 1. The number of imidazole rings is 1. The Kier molecular flexibility index (Phi) is 3.20. The molecule has 0 bridgehead atoms. The molecule has 0 radical (unpaired) electrons. The number of ether oxygens (including phenoxy) is 1. The SMILES string of the molecule is COc1ncnc2c1nc(N)n2CCN1CCCC1. The Labute approximate surface area is 111 Å². The van der Waals surface area contributed by atoms with Crippen LogP contribution >= 0.6 is 0 Å². The summed E-state index contributed by atoms with van der Waals surface area (Å²) in [4.78, 5) is 15.0. The van der Waals surface area contributed by atoms with Crippen molar-refractivity contribution in [1.82, 2.24) is 24.4 Å². The van der Waals surface area contributed by atoms with E-state index in [1.165, 1.54) is 32.3 Å². The Morgan fingerprint density at radius 1 is 1.26 bits per heavy atom. The number of likely N-dealkylation sites (tertiary alicyclic amines) is 1. The van der Waals surface area contributed by atoms with Crippen LogP contribution in [0, 0.1) is 0 Å². The van der Waals surface area contributed by atoms with Gasteiger partial charge in [-0.15, -0.1) is 0 Å². The van der Waals surface area contributed by atoms with E-state index >= 15 is 0 Å². The van der Waals surface area contributed by atoms with Crippen LogP contribution in [0.1, 0.15) is 12.8 Å². The average Bonchev–Trinajstić information content (AvgIpc) is 3.03. The molecule has 0 amide bonds. The maximum Gasteiger partial charge on any atom is 0.245 e. The van der Waals surface area contributed by atoms with Crippen molar-refractivity contribution >= 4 is 17.1 Å². The monoisotopic (exact) mass is 262 g/mol. The van der Waals surface area contributed by atoms with Gasteiger partial charge in [0.05, 0.1) is 7.11 Å². The predicted octanol–water partition coefficient (Wildman–Crippen LogP) is 0.513. The summed E-state index contributed by atoms with van der Waals surface area (Å²) in [5.41, 5.74) is 7.34. The van der Waals surface area contributed by atoms with Gasteiger partial charge < -0.3 is 15.4 Å². The van der Waals surface area contributed by atoms with E-state index in [0.29, 0.717) is 17.3 Å². The second kappa shape index (κ2) is 5.00. The summed E-state index contributed by atoms with van der Waals surface area (Å²) in [6, 6.07) is 0. The Hall–Kier alpha value is -1.89. The molecule has 7 nitrogen and oxygen atoms in total. The largest absolute Gasteiger partial charge is 0.479 e. The molecule has 0 atom stereocenters. The lowest BCUT2D eigenvalue weighted by Gasteiger charge is -2.15. The molecular formula is C12H18N6O. The van der Waals surface area contributed by atoms with Gasteiger partial charge in [0.2, 0.25) is 11.8 Å². The zero-order valence-corrected chi connectivity index (χ0v) is 11.0. The number of nitrogen functional groups attached to an aromatic ring is 1. The summed E-state index contributed by atoms with van der Waals surface area (Å²) in [6.07, 6.45) is 4.06. The van der Waals surface area contributed by atoms with Crippen LogP contribution < -0.4 is 10.5 Å². The fourth-order valence-corrected chi connectivity index (χ4v) is 2.55. The minimum atomic E-state index is 0.466. The molecule has 7 heteroatoms. The number of nitrogens with zero attached hydrogens (tertiary/aromatic N) is 5. The highest BCUT2D eigenvalue weighted by atomic mass is 16.5. The first-order valence-electron chi connectivity index (χ1n) is 6.52. The van der Waals surface area contributed by atoms with Gasteiger partial charge in [0.15, 0.2) is 11.2 Å². The van der Waals surface area contributed by atoms with Crippen LogP contribution in [0.3, 0.4) is 0 Å². The maximum absolute atomic E-state index is 5.97. The molecule has 1 saturated heterocycles. The quantitative estimate of drug-likeness (QED) is 0.864. The van der Waals surface area contributed by atoms with E-state index in [9.17, 15) is 0 Å². The second-order valence-electron chi connectivity index (χ2n) is 4.73. The molecule has 0 unspecified atom stereocenters. The predicted molar refractivity (Wildman–Crippen MR) is 72.0 cm³/mol. The van der Waals surface area contributed by atoms with Crippen LogP contribution in [0.4, 0.5) is 5.95 Å². The van der Waals surface area contributed by atoms with Crippen LogP contribution in [-0.4, -0.2) is 51.2 Å². The third-order valence-electron chi connectivity index (χ3n) is 3.56. The third-order valence-corrected chi connectivity index (χ3v) is 3.56. The molecule has 2 aromatic rings. The first-order valence-corrected chi connectivity index (χ1v) is 6.52. The standard InChI is InChI=1S/C12H18N6O/c1-19-11-9-10(14-8-15-11)18(12(13)16-9)7-6-17-4-2-3-5-17/h8H,2-7H2,1H3,(H2,13,16). The number of methoxy groups -OCH3 is 1. The van der Waals surface area contributed by atoms with Gasteiger partial charge in [0.1, 0.15) is 6.33 Å². The highest BCUT2D eigenvalue weighted by Gasteiger charge is 2.16. The summed E-state index contributed by atoms with van der Waals surface area (Å²) < 4.78 is 7.11. The van der Waals surface area contributed by atoms with Crippen LogP contribution in [0.2, 0.25) is 0 Å². The highest BCUT2D eigenvalue weighted by Crippen LogP contribution is 2.22. The van der Waals surface area contributed by atoms with Crippen molar-refractivity contribution < 1.29 is 4.74 Å². The van der Waals surface area contributed by atoms with E-state index in [1.54, 1.807) is 7.11 Å². The highest BCUT2D eigenvalue weighted by molar-refractivity contribution is 5.78. The molecule has 2 aromatic heterocycles. The number of aromatic nitrogens is 4. The maximum atomic E-state index is 5.97. The Balaban J connectivity index is 1.87. The van der Waals surface area contributed by atoms with Gasteiger partial charge in [-0.3, -0.25) is 4.57 Å². The smallest absolute Gasteiger partial charge is 0.245 e. The molecule has 19 heavy (non-hydrogen) atoms. The zero-order chi connectivity index (χ0) is 13.2. The first-order chi connectivity index (χ1) is 9.29. The molecule has 3 rings (SSSR count). The molecule has 1 aliphatic rings. The third kappa shape index (κ3) is 2.21. The van der Waals surface area contributed by atoms with E-state index in [0.717, 1.165) is 18.7 Å². The minimum Gasteiger partial charge on any atom is -0.479 e. The van der Waals surface area contributed by atoms with E-state index in [-0.39, 0.29) is 0 Å². The molecule has 1 aliphatic heterocycles. The van der Waals surface area contributed by atoms with E-state index in [2.05, 4.69) is 19.9 Å². The summed E-state index contributed by atoms with van der Waals surface area (Å²) in [6.45, 7) is 4.11. The summed E-state index contributed by atoms with van der Waals surface area (Å²) in [7, 11) is 1.57. The van der Waals surface area contributed by atoms with Crippen molar-refractivity contribution in [3.63, 3.8) is 0 Å². The summed E-state index contributed by atoms with van der Waals surface area (Å²) in [5.74, 6) is 0.935. The number of hydrogen-bond acceptors (Lipinski definition) is 6. The van der Waals surface area contributed by atoms with Crippen molar-refractivity contribution in [1.29, 1.82) is 0 Å². The van der Waals surface area contributed by atoms with Gasteiger partial charge in [-0.2, -0.15) is 4.98 Å².